The Kier molecular flexibility index (Phi) is 36.5. The molecule has 0 aromatic carbocycles. The van der Waals surface area contributed by atoms with Crippen LogP contribution in [0.25, 0.3) is 0 Å². The molecule has 19 nitrogen and oxygen atoms in total. The van der Waals surface area contributed by atoms with Crippen molar-refractivity contribution >= 4 is 47.9 Å². The van der Waals surface area contributed by atoms with Gasteiger partial charge in [-0.3, -0.25) is 33.6 Å². The number of aliphatic carboxylic acids is 2. The number of carbonyl (C=O) groups excluding carboxylic acids is 5. The molecule has 0 heterocycles. The Morgan fingerprint density at radius 1 is 0.492 bits per heavy atom. The SMILES string of the molecule is O=[C][C@H](CCC(=O)O)NC(=O)COCCOCCNC(=O)COCCOCCN(C(=O)O)C(=O)CCCNC(=O)CCCCCCCCCCCCCCCCC(=O)O. The van der Waals surface area contributed by atoms with Crippen molar-refractivity contribution in [3.8, 4) is 0 Å². The highest BCUT2D eigenvalue weighted by Crippen LogP contribution is 2.14. The maximum atomic E-state index is 12.4. The minimum absolute atomic E-state index is 0.0431. The predicted molar refractivity (Wildman–Crippen MR) is 214 cm³/mol. The van der Waals surface area contributed by atoms with E-state index in [4.69, 9.17) is 29.2 Å². The van der Waals surface area contributed by atoms with Gasteiger partial charge in [0.2, 0.25) is 29.9 Å². The molecule has 5 amide bonds. The molecule has 0 saturated carbocycles. The molecule has 0 aliphatic heterocycles. The summed E-state index contributed by atoms with van der Waals surface area (Å²) in [4.78, 5) is 92.3. The fourth-order valence-electron chi connectivity index (χ4n) is 5.60. The van der Waals surface area contributed by atoms with Gasteiger partial charge in [0.15, 0.2) is 0 Å². The van der Waals surface area contributed by atoms with Crippen molar-refractivity contribution in [2.45, 2.75) is 134 Å². The van der Waals surface area contributed by atoms with Crippen LogP contribution in [0.1, 0.15) is 128 Å². The first-order valence-corrected chi connectivity index (χ1v) is 20.9. The van der Waals surface area contributed by atoms with Gasteiger partial charge in [-0.1, -0.05) is 77.0 Å². The fourth-order valence-corrected chi connectivity index (χ4v) is 5.60. The van der Waals surface area contributed by atoms with Crippen molar-refractivity contribution in [3.05, 3.63) is 0 Å². The van der Waals surface area contributed by atoms with Crippen LogP contribution >= 0.6 is 0 Å². The Hall–Kier alpha value is -4.20. The number of hydrogen-bond acceptors (Lipinski definition) is 12. The van der Waals surface area contributed by atoms with E-state index in [1.807, 2.05) is 0 Å². The van der Waals surface area contributed by atoms with E-state index in [0.29, 0.717) is 17.7 Å². The van der Waals surface area contributed by atoms with E-state index in [1.165, 1.54) is 44.9 Å². The van der Waals surface area contributed by atoms with Gasteiger partial charge in [-0.25, -0.2) is 9.69 Å². The summed E-state index contributed by atoms with van der Waals surface area (Å²) in [5.74, 6) is -3.47. The van der Waals surface area contributed by atoms with Gasteiger partial charge in [0, 0.05) is 38.8 Å². The maximum absolute atomic E-state index is 12.4. The Bertz CT molecular complexity index is 1190. The Morgan fingerprint density at radius 3 is 1.49 bits per heavy atom. The number of imide groups is 1. The summed E-state index contributed by atoms with van der Waals surface area (Å²) >= 11 is 0. The van der Waals surface area contributed by atoms with Gasteiger partial charge >= 0.3 is 18.0 Å². The molecule has 0 aliphatic rings. The monoisotopic (exact) mass is 845 g/mol. The van der Waals surface area contributed by atoms with Gasteiger partial charge in [-0.15, -0.1) is 0 Å². The van der Waals surface area contributed by atoms with E-state index in [9.17, 15) is 43.5 Å². The third kappa shape index (κ3) is 37.8. The second kappa shape index (κ2) is 39.3. The quantitative estimate of drug-likeness (QED) is 0.0481. The lowest BCUT2D eigenvalue weighted by Crippen LogP contribution is -2.38. The smallest absolute Gasteiger partial charge is 0.414 e. The lowest BCUT2D eigenvalue weighted by atomic mass is 10.0. The van der Waals surface area contributed by atoms with E-state index in [2.05, 4.69) is 16.0 Å². The molecule has 0 spiro atoms. The zero-order valence-electron chi connectivity index (χ0n) is 34.7. The number of nitrogens with one attached hydrogen (secondary N) is 3. The van der Waals surface area contributed by atoms with E-state index < -0.39 is 41.8 Å². The molecule has 0 unspecified atom stereocenters. The molecule has 0 aromatic heterocycles. The molecular formula is C40H69N4O15. The zero-order chi connectivity index (χ0) is 43.8. The molecule has 0 aromatic rings. The molecule has 339 valence electrons. The number of hydrogen-bond donors (Lipinski definition) is 6. The molecule has 0 rings (SSSR count). The summed E-state index contributed by atoms with van der Waals surface area (Å²) < 4.78 is 21.0. The second-order valence-corrected chi connectivity index (χ2v) is 14.0. The number of carbonyl (C=O) groups is 7. The molecule has 59 heavy (non-hydrogen) atoms. The summed E-state index contributed by atoms with van der Waals surface area (Å²) in [6, 6.07) is -1.03. The summed E-state index contributed by atoms with van der Waals surface area (Å²) in [7, 11) is 0. The van der Waals surface area contributed by atoms with E-state index >= 15 is 0 Å². The van der Waals surface area contributed by atoms with Crippen molar-refractivity contribution in [1.82, 2.24) is 20.9 Å². The Morgan fingerprint density at radius 2 is 0.966 bits per heavy atom. The molecule has 0 fully saturated rings. The molecule has 1 atom stereocenters. The first-order chi connectivity index (χ1) is 28.5. The Labute approximate surface area is 348 Å². The van der Waals surface area contributed by atoms with E-state index in [-0.39, 0.29) is 104 Å². The van der Waals surface area contributed by atoms with Gasteiger partial charge in [0.25, 0.3) is 0 Å². The molecule has 0 bridgehead atoms. The minimum Gasteiger partial charge on any atom is -0.481 e. The Balaban J connectivity index is 3.71. The number of unbranched alkanes of at least 4 members (excludes halogenated alkanes) is 13. The van der Waals surface area contributed by atoms with Crippen molar-refractivity contribution < 1.29 is 72.6 Å². The number of carboxylic acids is 2. The fraction of sp³-hybridized carbons (Fsp3) is 0.800. The molecule has 6 N–H and O–H groups in total. The first-order valence-electron chi connectivity index (χ1n) is 20.9. The van der Waals surface area contributed by atoms with Gasteiger partial charge in [0.05, 0.1) is 52.2 Å². The highest BCUT2D eigenvalue weighted by Gasteiger charge is 2.20. The summed E-state index contributed by atoms with van der Waals surface area (Å²) in [5, 5.41) is 34.4. The summed E-state index contributed by atoms with van der Waals surface area (Å²) in [6.07, 6.45) is 16.2. The molecule has 1 radical (unpaired) electrons. The second-order valence-electron chi connectivity index (χ2n) is 14.0. The molecule has 0 saturated heterocycles. The first kappa shape index (κ1) is 54.8. The normalized spacial score (nSPS) is 11.4. The summed E-state index contributed by atoms with van der Waals surface area (Å²) in [5.41, 5.74) is 0. The number of carboxylic acid groups (broad SMARTS) is 3. The highest BCUT2D eigenvalue weighted by atomic mass is 16.5. The number of rotatable bonds is 42. The van der Waals surface area contributed by atoms with Gasteiger partial charge in [-0.2, -0.15) is 0 Å². The van der Waals surface area contributed by atoms with Crippen molar-refractivity contribution in [2.75, 3.05) is 72.5 Å². The topological polar surface area (TPSA) is 273 Å². The van der Waals surface area contributed by atoms with E-state index in [1.54, 1.807) is 6.29 Å². The number of nitrogens with zero attached hydrogens (tertiary/aromatic N) is 1. The van der Waals surface area contributed by atoms with Gasteiger partial charge in [0.1, 0.15) is 13.2 Å². The number of ether oxygens (including phenoxy) is 4. The van der Waals surface area contributed by atoms with E-state index in [0.717, 1.165) is 44.9 Å². The predicted octanol–water partition coefficient (Wildman–Crippen LogP) is 3.36. The molecule has 0 aliphatic carbocycles. The average molecular weight is 846 g/mol. The minimum atomic E-state index is -1.40. The summed E-state index contributed by atoms with van der Waals surface area (Å²) in [6.45, 7) is 0.147. The van der Waals surface area contributed by atoms with Crippen LogP contribution in [0.3, 0.4) is 0 Å². The molecular weight excluding hydrogens is 776 g/mol. The zero-order valence-corrected chi connectivity index (χ0v) is 34.7. The van der Waals surface area contributed by atoms with Crippen LogP contribution in [-0.4, -0.2) is 147 Å². The largest absolute Gasteiger partial charge is 0.481 e. The van der Waals surface area contributed by atoms with Crippen LogP contribution in [0.5, 0.6) is 0 Å². The third-order valence-corrected chi connectivity index (χ3v) is 8.83. The van der Waals surface area contributed by atoms with Crippen molar-refractivity contribution in [3.63, 3.8) is 0 Å². The van der Waals surface area contributed by atoms with Gasteiger partial charge in [-0.05, 0) is 25.7 Å². The van der Waals surface area contributed by atoms with Crippen LogP contribution in [0.15, 0.2) is 0 Å². The highest BCUT2D eigenvalue weighted by molar-refractivity contribution is 5.91. The van der Waals surface area contributed by atoms with Crippen LogP contribution in [0, 0.1) is 0 Å². The van der Waals surface area contributed by atoms with Crippen LogP contribution in [-0.2, 0) is 52.5 Å². The lowest BCUT2D eigenvalue weighted by Gasteiger charge is -2.17. The average Bonchev–Trinajstić information content (AvgIpc) is 3.19. The van der Waals surface area contributed by atoms with Crippen LogP contribution in [0.4, 0.5) is 4.79 Å². The maximum Gasteiger partial charge on any atom is 0.414 e. The van der Waals surface area contributed by atoms with Crippen LogP contribution < -0.4 is 16.0 Å². The van der Waals surface area contributed by atoms with Crippen molar-refractivity contribution in [1.29, 1.82) is 0 Å². The lowest BCUT2D eigenvalue weighted by molar-refractivity contribution is -0.138. The molecule has 19 heteroatoms. The van der Waals surface area contributed by atoms with Crippen LogP contribution in [0.2, 0.25) is 0 Å². The van der Waals surface area contributed by atoms with Gasteiger partial charge < -0.3 is 50.2 Å². The standard InChI is InChI=1S/C40H69N4O15/c45-30-33(19-20-39(52)53)43-36(48)32-59-28-26-56-24-22-42-35(47)31-58-29-27-57-25-23-44(40(54)55)37(49)17-15-21-41-34(46)16-13-11-9-7-5-3-1-2-4-6-8-10-12-14-18-38(50)51/h33H,1-29,31-32H2,(H,41,46)(H,42,47)(H,43,48)(H,50,51)(H,52,53)(H,54,55)/t33-/m0/s1. The van der Waals surface area contributed by atoms with Crippen molar-refractivity contribution in [2.24, 2.45) is 0 Å². The third-order valence-electron chi connectivity index (χ3n) is 8.83. The number of amides is 5.